The molecule has 0 atom stereocenters. The molecule has 1 aromatic heterocycles. The summed E-state index contributed by atoms with van der Waals surface area (Å²) in [4.78, 5) is 5.92. The van der Waals surface area contributed by atoms with Crippen LogP contribution in [0.15, 0.2) is 40.3 Å². The van der Waals surface area contributed by atoms with Gasteiger partial charge in [-0.05, 0) is 23.7 Å². The molecule has 0 spiro atoms. The third-order valence-corrected chi connectivity index (χ3v) is 2.73. The van der Waals surface area contributed by atoms with Crippen molar-refractivity contribution in [3.05, 3.63) is 51.3 Å². The molecule has 0 aliphatic carbocycles. The fourth-order valence-corrected chi connectivity index (χ4v) is 1.79. The van der Waals surface area contributed by atoms with Gasteiger partial charge in [0.05, 0.1) is 17.7 Å². The first-order chi connectivity index (χ1) is 8.91. The van der Waals surface area contributed by atoms with Crippen molar-refractivity contribution in [2.45, 2.75) is 6.18 Å². The smallest absolute Gasteiger partial charge is 0.305 e. The number of hydrogen-bond acceptors (Lipinski definition) is 2. The Hall–Kier alpha value is -1.99. The van der Waals surface area contributed by atoms with Crippen molar-refractivity contribution in [1.29, 1.82) is 0 Å². The molecule has 0 bridgehead atoms. The van der Waals surface area contributed by atoms with Crippen molar-refractivity contribution in [3.63, 3.8) is 0 Å². The Morgan fingerprint density at radius 3 is 2.68 bits per heavy atom. The van der Waals surface area contributed by atoms with Gasteiger partial charge >= 0.3 is 6.18 Å². The van der Waals surface area contributed by atoms with Gasteiger partial charge in [-0.1, -0.05) is 21.0 Å². The maximum absolute atomic E-state index is 12.5. The fraction of sp³-hybridized carbons (Fsp3) is 0.100. The zero-order chi connectivity index (χ0) is 14.0. The van der Waals surface area contributed by atoms with E-state index in [-0.39, 0.29) is 5.69 Å². The van der Waals surface area contributed by atoms with Crippen LogP contribution in [0, 0.1) is 0 Å². The van der Waals surface area contributed by atoms with Gasteiger partial charge in [-0.2, -0.15) is 13.2 Å². The minimum Gasteiger partial charge on any atom is -0.305 e. The molecule has 1 aromatic carbocycles. The molecular weight excluding hydrogens is 327 g/mol. The third kappa shape index (κ3) is 2.88. The molecule has 0 aliphatic heterocycles. The Kier molecular flexibility index (Phi) is 3.50. The van der Waals surface area contributed by atoms with E-state index in [1.807, 2.05) is 0 Å². The first-order valence-electron chi connectivity index (χ1n) is 4.88. The van der Waals surface area contributed by atoms with Crippen LogP contribution < -0.4 is 0 Å². The zero-order valence-corrected chi connectivity index (χ0v) is 10.7. The Bertz CT molecular complexity index is 657. The molecule has 2 rings (SSSR count). The van der Waals surface area contributed by atoms with Crippen molar-refractivity contribution in [2.24, 2.45) is 5.11 Å². The number of benzene rings is 1. The zero-order valence-electron chi connectivity index (χ0n) is 9.13. The van der Waals surface area contributed by atoms with Crippen LogP contribution in [-0.2, 0) is 6.18 Å². The van der Waals surface area contributed by atoms with Crippen molar-refractivity contribution in [1.82, 2.24) is 9.55 Å². The van der Waals surface area contributed by atoms with Gasteiger partial charge < -0.3 is 4.57 Å². The van der Waals surface area contributed by atoms with Gasteiger partial charge in [0, 0.05) is 15.6 Å². The van der Waals surface area contributed by atoms with Crippen LogP contribution in [-0.4, -0.2) is 9.55 Å². The molecule has 0 aliphatic rings. The van der Waals surface area contributed by atoms with Gasteiger partial charge in [-0.25, -0.2) is 4.98 Å². The average molecular weight is 332 g/mol. The van der Waals surface area contributed by atoms with E-state index in [0.717, 1.165) is 17.1 Å². The van der Waals surface area contributed by atoms with Crippen LogP contribution >= 0.6 is 15.9 Å². The minimum absolute atomic E-state index is 0.197. The van der Waals surface area contributed by atoms with Gasteiger partial charge in [0.2, 0.25) is 0 Å². The molecule has 0 fully saturated rings. The standard InChI is InChI=1S/C10H5BrF3N5/c11-6-1-2-8(7(3-6)17-18-15)19-4-9(16-5-19)10(12,13)14/h1-5H. The SMILES string of the molecule is [N-]=[N+]=Nc1cc(Br)ccc1-n1cnc(C(F)(F)F)c1. The molecule has 98 valence electrons. The summed E-state index contributed by atoms with van der Waals surface area (Å²) in [5, 5.41) is 3.44. The van der Waals surface area contributed by atoms with E-state index >= 15 is 0 Å². The fourth-order valence-electron chi connectivity index (χ4n) is 1.44. The summed E-state index contributed by atoms with van der Waals surface area (Å²) in [5.74, 6) is 0. The Morgan fingerprint density at radius 2 is 2.11 bits per heavy atom. The Morgan fingerprint density at radius 1 is 1.37 bits per heavy atom. The maximum Gasteiger partial charge on any atom is 0.434 e. The normalized spacial score (nSPS) is 11.2. The van der Waals surface area contributed by atoms with Crippen LogP contribution in [0.2, 0.25) is 0 Å². The highest BCUT2D eigenvalue weighted by Gasteiger charge is 2.33. The highest BCUT2D eigenvalue weighted by Crippen LogP contribution is 2.31. The van der Waals surface area contributed by atoms with E-state index in [1.165, 1.54) is 12.1 Å². The number of azide groups is 1. The second kappa shape index (κ2) is 4.94. The number of halogens is 4. The summed E-state index contributed by atoms with van der Waals surface area (Å²) in [5.41, 5.74) is 7.95. The summed E-state index contributed by atoms with van der Waals surface area (Å²) in [6.45, 7) is 0. The van der Waals surface area contributed by atoms with E-state index in [2.05, 4.69) is 30.9 Å². The lowest BCUT2D eigenvalue weighted by molar-refractivity contribution is -0.140. The molecule has 0 N–H and O–H groups in total. The Labute approximate surface area is 113 Å². The molecular formula is C10H5BrF3N5. The molecule has 0 saturated heterocycles. The molecule has 0 radical (unpaired) electrons. The van der Waals surface area contributed by atoms with Crippen LogP contribution in [0.1, 0.15) is 5.69 Å². The molecule has 2 aromatic rings. The summed E-state index contributed by atoms with van der Waals surface area (Å²) in [6, 6.07) is 4.65. The lowest BCUT2D eigenvalue weighted by Gasteiger charge is -2.06. The monoisotopic (exact) mass is 331 g/mol. The Balaban J connectivity index is 2.53. The number of hydrogen-bond donors (Lipinski definition) is 0. The quantitative estimate of drug-likeness (QED) is 0.450. The molecule has 5 nitrogen and oxygen atoms in total. The van der Waals surface area contributed by atoms with Gasteiger partial charge in [0.15, 0.2) is 5.69 Å². The van der Waals surface area contributed by atoms with Crippen LogP contribution in [0.3, 0.4) is 0 Å². The number of alkyl halides is 3. The summed E-state index contributed by atoms with van der Waals surface area (Å²) in [6.07, 6.45) is -2.67. The van der Waals surface area contributed by atoms with Crippen molar-refractivity contribution < 1.29 is 13.2 Å². The predicted molar refractivity (Wildman–Crippen MR) is 65.1 cm³/mol. The lowest BCUT2D eigenvalue weighted by Crippen LogP contribution is -2.04. The topological polar surface area (TPSA) is 66.6 Å². The average Bonchev–Trinajstić information content (AvgIpc) is 2.78. The van der Waals surface area contributed by atoms with Gasteiger partial charge in [-0.3, -0.25) is 0 Å². The second-order valence-corrected chi connectivity index (χ2v) is 4.40. The largest absolute Gasteiger partial charge is 0.434 e. The second-order valence-electron chi connectivity index (χ2n) is 3.49. The molecule has 19 heavy (non-hydrogen) atoms. The number of aromatic nitrogens is 2. The van der Waals surface area contributed by atoms with E-state index < -0.39 is 11.9 Å². The maximum atomic E-state index is 12.5. The van der Waals surface area contributed by atoms with Crippen LogP contribution in [0.4, 0.5) is 18.9 Å². The minimum atomic E-state index is -4.51. The molecule has 9 heteroatoms. The van der Waals surface area contributed by atoms with E-state index in [0.29, 0.717) is 10.2 Å². The molecule has 0 saturated carbocycles. The van der Waals surface area contributed by atoms with Crippen molar-refractivity contribution in [3.8, 4) is 5.69 Å². The highest BCUT2D eigenvalue weighted by molar-refractivity contribution is 9.10. The first kappa shape index (κ1) is 13.4. The molecule has 0 unspecified atom stereocenters. The van der Waals surface area contributed by atoms with Crippen molar-refractivity contribution in [2.75, 3.05) is 0 Å². The molecule has 1 heterocycles. The summed E-state index contributed by atoms with van der Waals surface area (Å²) >= 11 is 3.19. The van der Waals surface area contributed by atoms with Crippen LogP contribution in [0.25, 0.3) is 16.1 Å². The van der Waals surface area contributed by atoms with Crippen molar-refractivity contribution >= 4 is 21.6 Å². The van der Waals surface area contributed by atoms with Gasteiger partial charge in [0.1, 0.15) is 0 Å². The number of imidazole rings is 1. The lowest BCUT2D eigenvalue weighted by atomic mass is 10.2. The van der Waals surface area contributed by atoms with E-state index in [9.17, 15) is 13.2 Å². The van der Waals surface area contributed by atoms with E-state index in [4.69, 9.17) is 5.53 Å². The summed E-state index contributed by atoms with van der Waals surface area (Å²) in [7, 11) is 0. The van der Waals surface area contributed by atoms with E-state index in [1.54, 1.807) is 6.07 Å². The number of nitrogens with zero attached hydrogens (tertiary/aromatic N) is 5. The number of rotatable bonds is 2. The van der Waals surface area contributed by atoms with Crippen LogP contribution in [0.5, 0.6) is 0 Å². The summed E-state index contributed by atoms with van der Waals surface area (Å²) < 4.78 is 39.2. The predicted octanol–water partition coefficient (Wildman–Crippen LogP) is 4.60. The van der Waals surface area contributed by atoms with Gasteiger partial charge in [-0.15, -0.1) is 0 Å². The third-order valence-electron chi connectivity index (χ3n) is 2.24. The first-order valence-corrected chi connectivity index (χ1v) is 5.67. The highest BCUT2D eigenvalue weighted by atomic mass is 79.9. The van der Waals surface area contributed by atoms with Gasteiger partial charge in [0.25, 0.3) is 0 Å². The molecule has 0 amide bonds.